The first-order valence-electron chi connectivity index (χ1n) is 6.84. The van der Waals surface area contributed by atoms with Crippen molar-refractivity contribution in [2.75, 3.05) is 5.88 Å². The van der Waals surface area contributed by atoms with Crippen LogP contribution in [0.15, 0.2) is 60.7 Å². The first kappa shape index (κ1) is 15.5. The topological polar surface area (TPSA) is 49.3 Å². The summed E-state index contributed by atoms with van der Waals surface area (Å²) < 4.78 is 0. The van der Waals surface area contributed by atoms with Gasteiger partial charge in [-0.1, -0.05) is 48.5 Å². The number of hydrogen-bond donors (Lipinski definition) is 2. The fourth-order valence-corrected chi connectivity index (χ4v) is 2.32. The highest BCUT2D eigenvalue weighted by Crippen LogP contribution is 2.09. The van der Waals surface area contributed by atoms with Crippen molar-refractivity contribution in [1.29, 1.82) is 0 Å². The molecule has 1 amide bonds. The smallest absolute Gasteiger partial charge is 0.251 e. The summed E-state index contributed by atoms with van der Waals surface area (Å²) >= 11 is 5.74. The third-order valence-electron chi connectivity index (χ3n) is 3.27. The molecule has 2 aromatic rings. The highest BCUT2D eigenvalue weighted by molar-refractivity contribution is 6.18. The van der Waals surface area contributed by atoms with Crippen molar-refractivity contribution in [2.45, 2.75) is 18.6 Å². The van der Waals surface area contributed by atoms with E-state index in [4.69, 9.17) is 11.6 Å². The number of hydrogen-bond acceptors (Lipinski definition) is 2. The molecule has 0 fully saturated rings. The second-order valence-corrected chi connectivity index (χ2v) is 5.17. The summed E-state index contributed by atoms with van der Waals surface area (Å²) in [6.07, 6.45) is -0.257. The lowest BCUT2D eigenvalue weighted by molar-refractivity contribution is 0.0863. The van der Waals surface area contributed by atoms with E-state index < -0.39 is 12.1 Å². The van der Waals surface area contributed by atoms with Gasteiger partial charge in [0.15, 0.2) is 0 Å². The molecule has 110 valence electrons. The van der Waals surface area contributed by atoms with Gasteiger partial charge in [-0.25, -0.2) is 0 Å². The maximum absolute atomic E-state index is 12.2. The molecule has 0 aromatic heterocycles. The average Bonchev–Trinajstić information content (AvgIpc) is 2.55. The van der Waals surface area contributed by atoms with Gasteiger partial charge in [0.1, 0.15) is 0 Å². The van der Waals surface area contributed by atoms with E-state index in [-0.39, 0.29) is 11.8 Å². The van der Waals surface area contributed by atoms with E-state index in [9.17, 15) is 9.90 Å². The SMILES string of the molecule is O=C(N[C@@H](Cc1ccccc1)[C@H](O)CCl)c1ccccc1. The molecule has 21 heavy (non-hydrogen) atoms. The van der Waals surface area contributed by atoms with Crippen LogP contribution in [0, 0.1) is 0 Å². The number of alkyl halides is 1. The predicted molar refractivity (Wildman–Crippen MR) is 84.6 cm³/mol. The average molecular weight is 304 g/mol. The summed E-state index contributed by atoms with van der Waals surface area (Å²) in [5, 5.41) is 12.9. The Morgan fingerprint density at radius 1 is 1.05 bits per heavy atom. The van der Waals surface area contributed by atoms with E-state index in [1.54, 1.807) is 24.3 Å². The molecule has 0 saturated carbocycles. The summed E-state index contributed by atoms with van der Waals surface area (Å²) in [4.78, 5) is 12.2. The molecular formula is C17H18ClNO2. The Hall–Kier alpha value is -1.84. The quantitative estimate of drug-likeness (QED) is 0.806. The first-order chi connectivity index (χ1) is 10.2. The van der Waals surface area contributed by atoms with Crippen LogP contribution >= 0.6 is 11.6 Å². The van der Waals surface area contributed by atoms with Gasteiger partial charge in [0.2, 0.25) is 0 Å². The number of carbonyl (C=O) groups is 1. The molecule has 2 rings (SSSR count). The molecular weight excluding hydrogens is 286 g/mol. The zero-order chi connectivity index (χ0) is 15.1. The van der Waals surface area contributed by atoms with Gasteiger partial charge in [-0.15, -0.1) is 11.6 Å². The second kappa shape index (κ2) is 7.81. The Balaban J connectivity index is 2.08. The summed E-state index contributed by atoms with van der Waals surface area (Å²) in [6, 6.07) is 18.2. The summed E-state index contributed by atoms with van der Waals surface area (Å²) in [5.41, 5.74) is 1.61. The highest BCUT2D eigenvalue weighted by Gasteiger charge is 2.21. The summed E-state index contributed by atoms with van der Waals surface area (Å²) in [7, 11) is 0. The molecule has 0 spiro atoms. The molecule has 2 N–H and O–H groups in total. The third kappa shape index (κ3) is 4.59. The largest absolute Gasteiger partial charge is 0.390 e. The van der Waals surface area contributed by atoms with Gasteiger partial charge in [-0.2, -0.15) is 0 Å². The Kier molecular flexibility index (Phi) is 5.78. The van der Waals surface area contributed by atoms with Crippen molar-refractivity contribution < 1.29 is 9.90 Å². The Labute approximate surface area is 129 Å². The number of halogens is 1. The molecule has 2 aromatic carbocycles. The van der Waals surface area contributed by atoms with E-state index in [1.807, 2.05) is 36.4 Å². The van der Waals surface area contributed by atoms with Gasteiger partial charge >= 0.3 is 0 Å². The molecule has 0 aliphatic carbocycles. The highest BCUT2D eigenvalue weighted by atomic mass is 35.5. The normalized spacial score (nSPS) is 13.4. The van der Waals surface area contributed by atoms with Crippen LogP contribution in [0.1, 0.15) is 15.9 Å². The van der Waals surface area contributed by atoms with Gasteiger partial charge in [0.05, 0.1) is 18.0 Å². The van der Waals surface area contributed by atoms with Crippen LogP contribution in [-0.2, 0) is 6.42 Å². The fourth-order valence-electron chi connectivity index (χ4n) is 2.10. The molecule has 0 aliphatic heterocycles. The van der Waals surface area contributed by atoms with Crippen LogP contribution in [0.4, 0.5) is 0 Å². The van der Waals surface area contributed by atoms with Gasteiger partial charge in [0, 0.05) is 5.56 Å². The monoisotopic (exact) mass is 303 g/mol. The van der Waals surface area contributed by atoms with Crippen molar-refractivity contribution in [3.8, 4) is 0 Å². The zero-order valence-electron chi connectivity index (χ0n) is 11.6. The van der Waals surface area contributed by atoms with Gasteiger partial charge in [-0.05, 0) is 24.1 Å². The van der Waals surface area contributed by atoms with Crippen LogP contribution in [0.3, 0.4) is 0 Å². The number of amides is 1. The molecule has 0 heterocycles. The number of benzene rings is 2. The molecule has 3 nitrogen and oxygen atoms in total. The van der Waals surface area contributed by atoms with E-state index in [2.05, 4.69) is 5.32 Å². The molecule has 0 aliphatic rings. The number of rotatable bonds is 6. The minimum absolute atomic E-state index is 0.0760. The Morgan fingerprint density at radius 2 is 1.62 bits per heavy atom. The van der Waals surface area contributed by atoms with Crippen LogP contribution in [0.25, 0.3) is 0 Å². The van der Waals surface area contributed by atoms with Crippen LogP contribution in [0.2, 0.25) is 0 Å². The lowest BCUT2D eigenvalue weighted by Gasteiger charge is -2.23. The van der Waals surface area contributed by atoms with Gasteiger partial charge in [-0.3, -0.25) is 4.79 Å². The second-order valence-electron chi connectivity index (χ2n) is 4.86. The molecule has 2 atom stereocenters. The Bertz CT molecular complexity index is 560. The van der Waals surface area contributed by atoms with Crippen LogP contribution in [0.5, 0.6) is 0 Å². The maximum atomic E-state index is 12.2. The number of nitrogens with one attached hydrogen (secondary N) is 1. The maximum Gasteiger partial charge on any atom is 0.251 e. The standard InChI is InChI=1S/C17H18ClNO2/c18-12-16(20)15(11-13-7-3-1-4-8-13)19-17(21)14-9-5-2-6-10-14/h1-10,15-16,20H,11-12H2,(H,19,21)/t15-,16+/m0/s1. The minimum Gasteiger partial charge on any atom is -0.390 e. The number of aliphatic hydroxyl groups is 1. The molecule has 0 bridgehead atoms. The fraction of sp³-hybridized carbons (Fsp3) is 0.235. The summed E-state index contributed by atoms with van der Waals surface area (Å²) in [5.74, 6) is -0.132. The van der Waals surface area contributed by atoms with Gasteiger partial charge < -0.3 is 10.4 Å². The van der Waals surface area contributed by atoms with Crippen molar-refractivity contribution in [3.05, 3.63) is 71.8 Å². The first-order valence-corrected chi connectivity index (χ1v) is 7.38. The Morgan fingerprint density at radius 3 is 2.19 bits per heavy atom. The van der Waals surface area contributed by atoms with Crippen LogP contribution in [-0.4, -0.2) is 29.0 Å². The molecule has 0 radical (unpaired) electrons. The predicted octanol–water partition coefficient (Wildman–Crippen LogP) is 2.63. The van der Waals surface area contributed by atoms with E-state index in [0.29, 0.717) is 12.0 Å². The third-order valence-corrected chi connectivity index (χ3v) is 3.59. The van der Waals surface area contributed by atoms with Gasteiger partial charge in [0.25, 0.3) is 5.91 Å². The zero-order valence-corrected chi connectivity index (χ0v) is 12.3. The minimum atomic E-state index is -0.792. The van der Waals surface area contributed by atoms with Crippen molar-refractivity contribution in [3.63, 3.8) is 0 Å². The van der Waals surface area contributed by atoms with E-state index >= 15 is 0 Å². The number of aliphatic hydroxyl groups excluding tert-OH is 1. The van der Waals surface area contributed by atoms with Crippen molar-refractivity contribution in [1.82, 2.24) is 5.32 Å². The van der Waals surface area contributed by atoms with E-state index in [0.717, 1.165) is 5.56 Å². The van der Waals surface area contributed by atoms with Crippen LogP contribution < -0.4 is 5.32 Å². The van der Waals surface area contributed by atoms with Crippen molar-refractivity contribution in [2.24, 2.45) is 0 Å². The van der Waals surface area contributed by atoms with E-state index in [1.165, 1.54) is 0 Å². The molecule has 0 saturated heterocycles. The summed E-state index contributed by atoms with van der Waals surface area (Å²) in [6.45, 7) is 0. The number of carbonyl (C=O) groups excluding carboxylic acids is 1. The molecule has 4 heteroatoms. The molecule has 0 unspecified atom stereocenters. The lowest BCUT2D eigenvalue weighted by atomic mass is 10.0. The lowest BCUT2D eigenvalue weighted by Crippen LogP contribution is -2.45. The van der Waals surface area contributed by atoms with Crippen molar-refractivity contribution >= 4 is 17.5 Å².